The summed E-state index contributed by atoms with van der Waals surface area (Å²) in [5, 5.41) is 0. The smallest absolute Gasteiger partial charge is 0.161 e. The first-order chi connectivity index (χ1) is 12.7. The Morgan fingerprint density at radius 1 is 1.00 bits per heavy atom. The normalized spacial score (nSPS) is 11.6. The number of unbranched alkanes of at least 4 members (excludes halogenated alkanes) is 6. The van der Waals surface area contributed by atoms with Crippen LogP contribution in [0.25, 0.3) is 0 Å². The Morgan fingerprint density at radius 3 is 2.38 bits per heavy atom. The van der Waals surface area contributed by atoms with Gasteiger partial charge in [0, 0.05) is 12.0 Å². The van der Waals surface area contributed by atoms with E-state index in [1.165, 1.54) is 32.1 Å². The molecule has 0 aliphatic heterocycles. The average Bonchev–Trinajstić information content (AvgIpc) is 2.65. The number of hydrogen-bond acceptors (Lipinski definition) is 3. The van der Waals surface area contributed by atoms with Crippen molar-refractivity contribution in [1.82, 2.24) is 0 Å². The third-order valence-corrected chi connectivity index (χ3v) is 4.31. The second-order valence-electron chi connectivity index (χ2n) is 6.51. The van der Waals surface area contributed by atoms with Gasteiger partial charge in [0.1, 0.15) is 12.4 Å². The second-order valence-corrected chi connectivity index (χ2v) is 6.51. The van der Waals surface area contributed by atoms with Crippen molar-refractivity contribution < 1.29 is 14.3 Å². The van der Waals surface area contributed by atoms with Crippen molar-refractivity contribution >= 4 is 6.29 Å². The molecule has 0 aromatic heterocycles. The molecule has 0 saturated carbocycles. The van der Waals surface area contributed by atoms with Crippen LogP contribution >= 0.6 is 0 Å². The van der Waals surface area contributed by atoms with Gasteiger partial charge in [-0.2, -0.15) is 0 Å². The third-order valence-electron chi connectivity index (χ3n) is 4.31. The minimum absolute atomic E-state index is 0.0922. The molecule has 0 amide bonds. The summed E-state index contributed by atoms with van der Waals surface area (Å²) < 4.78 is 11.8. The summed E-state index contributed by atoms with van der Waals surface area (Å²) in [6.07, 6.45) is 15.2. The van der Waals surface area contributed by atoms with Crippen molar-refractivity contribution in [2.75, 3.05) is 6.61 Å². The number of rotatable bonds is 16. The van der Waals surface area contributed by atoms with E-state index in [9.17, 15) is 4.79 Å². The Bertz CT molecular complexity index is 536. The van der Waals surface area contributed by atoms with E-state index < -0.39 is 0 Å². The number of ether oxygens (including phenoxy) is 2. The molecule has 0 aliphatic rings. The Labute approximate surface area is 159 Å². The lowest BCUT2D eigenvalue weighted by Gasteiger charge is -2.20. The first-order valence-corrected chi connectivity index (χ1v) is 9.85. The van der Waals surface area contributed by atoms with E-state index in [4.69, 9.17) is 9.47 Å². The molecule has 1 aromatic carbocycles. The maximum absolute atomic E-state index is 11.0. The summed E-state index contributed by atoms with van der Waals surface area (Å²) in [6, 6.07) is 5.32. The summed E-state index contributed by atoms with van der Waals surface area (Å²) in [5.74, 6) is 1.34. The summed E-state index contributed by atoms with van der Waals surface area (Å²) in [5.41, 5.74) is 0.595. The van der Waals surface area contributed by atoms with Gasteiger partial charge in [0.25, 0.3) is 0 Å². The van der Waals surface area contributed by atoms with E-state index in [1.54, 1.807) is 12.1 Å². The molecular formula is C23H34O3. The quantitative estimate of drug-likeness (QED) is 0.191. The number of allylic oxidation sites excluding steroid dienone is 1. The van der Waals surface area contributed by atoms with E-state index in [-0.39, 0.29) is 6.10 Å². The molecule has 144 valence electrons. The molecule has 1 rings (SSSR count). The number of aldehydes is 1. The molecule has 1 unspecified atom stereocenters. The molecule has 1 atom stereocenters. The monoisotopic (exact) mass is 358 g/mol. The van der Waals surface area contributed by atoms with Gasteiger partial charge in [0.05, 0.1) is 6.61 Å². The van der Waals surface area contributed by atoms with Crippen LogP contribution in [0, 0.1) is 0 Å². The fourth-order valence-electron chi connectivity index (χ4n) is 2.92. The maximum atomic E-state index is 11.0. The van der Waals surface area contributed by atoms with Gasteiger partial charge < -0.3 is 9.47 Å². The number of carbonyl (C=O) groups is 1. The van der Waals surface area contributed by atoms with E-state index >= 15 is 0 Å². The summed E-state index contributed by atoms with van der Waals surface area (Å²) in [4.78, 5) is 11.0. The van der Waals surface area contributed by atoms with E-state index in [0.29, 0.717) is 23.7 Å². The standard InChI is InChI=1S/C23H34O3/c1-4-7-8-9-10-11-12-13-15-21(14-5-2)26-22-17-16-20(19-24)18-23(22)25-6-3/h4-5,16-19,21H,1-2,6-15H2,3H3. The fourth-order valence-corrected chi connectivity index (χ4v) is 2.92. The van der Waals surface area contributed by atoms with Crippen LogP contribution < -0.4 is 9.47 Å². The van der Waals surface area contributed by atoms with Crippen LogP contribution in [-0.4, -0.2) is 19.0 Å². The van der Waals surface area contributed by atoms with Crippen molar-refractivity contribution in [3.8, 4) is 11.5 Å². The minimum atomic E-state index is 0.0922. The predicted molar refractivity (Wildman–Crippen MR) is 109 cm³/mol. The molecule has 0 radical (unpaired) electrons. The molecule has 0 saturated heterocycles. The maximum Gasteiger partial charge on any atom is 0.161 e. The number of hydrogen-bond donors (Lipinski definition) is 0. The molecular weight excluding hydrogens is 324 g/mol. The summed E-state index contributed by atoms with van der Waals surface area (Å²) >= 11 is 0. The zero-order chi connectivity index (χ0) is 19.0. The highest BCUT2D eigenvalue weighted by Crippen LogP contribution is 2.30. The van der Waals surface area contributed by atoms with Crippen molar-refractivity contribution in [2.45, 2.75) is 70.8 Å². The first-order valence-electron chi connectivity index (χ1n) is 9.85. The van der Waals surface area contributed by atoms with Crippen LogP contribution in [0.5, 0.6) is 11.5 Å². The van der Waals surface area contributed by atoms with Crippen LogP contribution in [0.1, 0.15) is 75.1 Å². The molecule has 3 nitrogen and oxygen atoms in total. The van der Waals surface area contributed by atoms with E-state index in [2.05, 4.69) is 13.2 Å². The fraction of sp³-hybridized carbons (Fsp3) is 0.522. The molecule has 0 spiro atoms. The van der Waals surface area contributed by atoms with Gasteiger partial charge in [-0.3, -0.25) is 4.79 Å². The molecule has 26 heavy (non-hydrogen) atoms. The van der Waals surface area contributed by atoms with E-state index in [0.717, 1.165) is 32.0 Å². The Hall–Kier alpha value is -2.03. The van der Waals surface area contributed by atoms with Crippen LogP contribution in [-0.2, 0) is 0 Å². The third kappa shape index (κ3) is 8.89. The van der Waals surface area contributed by atoms with Crippen LogP contribution in [0.2, 0.25) is 0 Å². The predicted octanol–water partition coefficient (Wildman–Crippen LogP) is 6.53. The van der Waals surface area contributed by atoms with Gasteiger partial charge >= 0.3 is 0 Å². The highest BCUT2D eigenvalue weighted by molar-refractivity contribution is 5.76. The second kappa shape index (κ2) is 14.2. The van der Waals surface area contributed by atoms with Gasteiger partial charge in [-0.15, -0.1) is 13.2 Å². The zero-order valence-electron chi connectivity index (χ0n) is 16.3. The van der Waals surface area contributed by atoms with Crippen molar-refractivity contribution in [1.29, 1.82) is 0 Å². The molecule has 0 N–H and O–H groups in total. The average molecular weight is 359 g/mol. The highest BCUT2D eigenvalue weighted by Gasteiger charge is 2.13. The highest BCUT2D eigenvalue weighted by atomic mass is 16.5. The van der Waals surface area contributed by atoms with Gasteiger partial charge in [-0.25, -0.2) is 0 Å². The van der Waals surface area contributed by atoms with E-state index in [1.807, 2.05) is 25.1 Å². The number of carbonyl (C=O) groups excluding carboxylic acids is 1. The van der Waals surface area contributed by atoms with Gasteiger partial charge in [0.2, 0.25) is 0 Å². The summed E-state index contributed by atoms with van der Waals surface area (Å²) in [7, 11) is 0. The van der Waals surface area contributed by atoms with Crippen molar-refractivity contribution in [2.24, 2.45) is 0 Å². The van der Waals surface area contributed by atoms with Crippen LogP contribution in [0.4, 0.5) is 0 Å². The molecule has 0 bridgehead atoms. The van der Waals surface area contributed by atoms with Crippen molar-refractivity contribution in [3.05, 3.63) is 49.1 Å². The van der Waals surface area contributed by atoms with Gasteiger partial charge in [0.15, 0.2) is 11.5 Å². The zero-order valence-corrected chi connectivity index (χ0v) is 16.3. The van der Waals surface area contributed by atoms with Gasteiger partial charge in [-0.05, 0) is 50.8 Å². The Morgan fingerprint density at radius 2 is 1.73 bits per heavy atom. The molecule has 0 heterocycles. The Balaban J connectivity index is 2.48. The lowest BCUT2D eigenvalue weighted by molar-refractivity contribution is 0.112. The van der Waals surface area contributed by atoms with Gasteiger partial charge in [-0.1, -0.05) is 37.8 Å². The first kappa shape index (κ1) is 22.0. The minimum Gasteiger partial charge on any atom is -0.490 e. The summed E-state index contributed by atoms with van der Waals surface area (Å²) in [6.45, 7) is 10.1. The van der Waals surface area contributed by atoms with Crippen LogP contribution in [0.3, 0.4) is 0 Å². The number of benzene rings is 1. The molecule has 1 aromatic rings. The van der Waals surface area contributed by atoms with Crippen molar-refractivity contribution in [3.63, 3.8) is 0 Å². The lowest BCUT2D eigenvalue weighted by atomic mass is 10.0. The topological polar surface area (TPSA) is 35.5 Å². The lowest BCUT2D eigenvalue weighted by Crippen LogP contribution is -2.16. The molecule has 3 heteroatoms. The molecule has 0 aliphatic carbocycles. The largest absolute Gasteiger partial charge is 0.490 e. The SMILES string of the molecule is C=CCCCCCCCCC(CC=C)Oc1ccc(C=O)cc1OCC. The van der Waals surface area contributed by atoms with Crippen LogP contribution in [0.15, 0.2) is 43.5 Å². The molecule has 0 fully saturated rings. The Kier molecular flexibility index (Phi) is 12.0.